The second-order valence-corrected chi connectivity index (χ2v) is 7.01. The monoisotopic (exact) mass is 280 g/mol. The molecule has 2 unspecified atom stereocenters. The van der Waals surface area contributed by atoms with Gasteiger partial charge in [0.15, 0.2) is 0 Å². The smallest absolute Gasteiger partial charge is 0.0441 e. The molecule has 1 aromatic heterocycles. The Morgan fingerprint density at radius 1 is 1.47 bits per heavy atom. The van der Waals surface area contributed by atoms with Crippen molar-refractivity contribution in [3.05, 3.63) is 22.4 Å². The van der Waals surface area contributed by atoms with Gasteiger partial charge in [-0.1, -0.05) is 33.3 Å². The van der Waals surface area contributed by atoms with Crippen LogP contribution in [0.25, 0.3) is 0 Å². The third-order valence-electron chi connectivity index (χ3n) is 4.01. The predicted octanol–water partition coefficient (Wildman–Crippen LogP) is 3.91. The van der Waals surface area contributed by atoms with Crippen LogP contribution in [-0.2, 0) is 0 Å². The van der Waals surface area contributed by atoms with Crippen LogP contribution in [0.15, 0.2) is 17.5 Å². The number of nitrogens with one attached hydrogen (secondary N) is 1. The Hall–Kier alpha value is -0.380. The fourth-order valence-electron chi connectivity index (χ4n) is 2.97. The van der Waals surface area contributed by atoms with Gasteiger partial charge < -0.3 is 5.32 Å². The Balaban J connectivity index is 1.90. The van der Waals surface area contributed by atoms with E-state index in [4.69, 9.17) is 0 Å². The van der Waals surface area contributed by atoms with Gasteiger partial charge in [0.05, 0.1) is 0 Å². The summed E-state index contributed by atoms with van der Waals surface area (Å²) in [7, 11) is 0. The molecule has 0 amide bonds. The van der Waals surface area contributed by atoms with E-state index in [-0.39, 0.29) is 0 Å². The lowest BCUT2D eigenvalue weighted by Crippen LogP contribution is -2.31. The van der Waals surface area contributed by atoms with E-state index in [0.29, 0.717) is 12.1 Å². The molecule has 0 aliphatic carbocycles. The van der Waals surface area contributed by atoms with Crippen LogP contribution in [0.5, 0.6) is 0 Å². The number of likely N-dealkylation sites (tertiary alicyclic amines) is 1. The van der Waals surface area contributed by atoms with Gasteiger partial charge in [0.25, 0.3) is 0 Å². The molecule has 1 saturated heterocycles. The van der Waals surface area contributed by atoms with E-state index in [9.17, 15) is 0 Å². The maximum atomic E-state index is 3.59. The number of rotatable bonds is 7. The van der Waals surface area contributed by atoms with Crippen molar-refractivity contribution < 1.29 is 0 Å². The van der Waals surface area contributed by atoms with Crippen molar-refractivity contribution >= 4 is 11.3 Å². The van der Waals surface area contributed by atoms with Crippen molar-refractivity contribution in [2.45, 2.75) is 52.1 Å². The van der Waals surface area contributed by atoms with Crippen molar-refractivity contribution in [3.63, 3.8) is 0 Å². The molecule has 2 heterocycles. The molecule has 2 rings (SSSR count). The summed E-state index contributed by atoms with van der Waals surface area (Å²) in [6.45, 7) is 10.5. The minimum absolute atomic E-state index is 0.609. The molecule has 0 bridgehead atoms. The Kier molecular flexibility index (Phi) is 5.86. The maximum absolute atomic E-state index is 3.59. The lowest BCUT2D eigenvalue weighted by atomic mass is 10.1. The van der Waals surface area contributed by atoms with E-state index in [1.54, 1.807) is 4.88 Å². The van der Waals surface area contributed by atoms with Crippen LogP contribution in [0.3, 0.4) is 0 Å². The Bertz CT molecular complexity index is 348. The Morgan fingerprint density at radius 2 is 2.32 bits per heavy atom. The number of nitrogens with zero attached hydrogens (tertiary/aromatic N) is 1. The Morgan fingerprint density at radius 3 is 2.95 bits per heavy atom. The van der Waals surface area contributed by atoms with Gasteiger partial charge in [0, 0.05) is 23.5 Å². The summed E-state index contributed by atoms with van der Waals surface area (Å²) in [5.41, 5.74) is 0. The van der Waals surface area contributed by atoms with Crippen LogP contribution in [0.2, 0.25) is 0 Å². The first-order valence-corrected chi connectivity index (χ1v) is 8.59. The summed E-state index contributed by atoms with van der Waals surface area (Å²) in [6.07, 6.45) is 3.92. The molecule has 3 heteroatoms. The molecule has 2 atom stereocenters. The second kappa shape index (κ2) is 7.41. The molecule has 2 nitrogen and oxygen atoms in total. The van der Waals surface area contributed by atoms with E-state index in [1.807, 2.05) is 11.3 Å². The fraction of sp³-hybridized carbons (Fsp3) is 0.750. The van der Waals surface area contributed by atoms with Crippen LogP contribution >= 0.6 is 11.3 Å². The molecule has 1 aliphatic rings. The average molecular weight is 280 g/mol. The molecule has 1 N–H and O–H groups in total. The van der Waals surface area contributed by atoms with E-state index in [1.165, 1.54) is 38.9 Å². The highest BCUT2D eigenvalue weighted by atomic mass is 32.1. The quantitative estimate of drug-likeness (QED) is 0.814. The average Bonchev–Trinajstić information content (AvgIpc) is 3.05. The first-order valence-electron chi connectivity index (χ1n) is 7.71. The molecule has 0 spiro atoms. The van der Waals surface area contributed by atoms with Crippen LogP contribution < -0.4 is 5.32 Å². The summed E-state index contributed by atoms with van der Waals surface area (Å²) in [4.78, 5) is 4.27. The summed E-state index contributed by atoms with van der Waals surface area (Å²) in [5.74, 6) is 0.835. The minimum Gasteiger partial charge on any atom is -0.314 e. The van der Waals surface area contributed by atoms with Gasteiger partial charge in [-0.2, -0.15) is 0 Å². The van der Waals surface area contributed by atoms with Gasteiger partial charge in [-0.3, -0.25) is 4.90 Å². The van der Waals surface area contributed by atoms with Crippen LogP contribution in [0.1, 0.15) is 51.0 Å². The molecule has 1 aliphatic heterocycles. The molecular formula is C16H28N2S. The molecule has 108 valence electrons. The van der Waals surface area contributed by atoms with Crippen molar-refractivity contribution in [1.29, 1.82) is 0 Å². The second-order valence-electron chi connectivity index (χ2n) is 6.03. The van der Waals surface area contributed by atoms with E-state index in [2.05, 4.69) is 48.5 Å². The zero-order valence-electron chi connectivity index (χ0n) is 12.6. The van der Waals surface area contributed by atoms with Gasteiger partial charge in [0.2, 0.25) is 0 Å². The predicted molar refractivity (Wildman–Crippen MR) is 84.8 cm³/mol. The first-order chi connectivity index (χ1) is 9.20. The standard InChI is InChI=1S/C16H28N2S/c1-4-6-15(16-7-5-10-19-16)18-9-8-14(12-18)11-17-13(2)3/h5,7,10,13-15,17H,4,6,8-9,11-12H2,1-3H3. The minimum atomic E-state index is 0.609. The molecule has 0 saturated carbocycles. The maximum Gasteiger partial charge on any atom is 0.0441 e. The highest BCUT2D eigenvalue weighted by Crippen LogP contribution is 2.33. The summed E-state index contributed by atoms with van der Waals surface area (Å²) >= 11 is 1.92. The van der Waals surface area contributed by atoms with Gasteiger partial charge >= 0.3 is 0 Å². The molecule has 0 aromatic carbocycles. The Labute approximate surface area is 122 Å². The lowest BCUT2D eigenvalue weighted by Gasteiger charge is -2.27. The lowest BCUT2D eigenvalue weighted by molar-refractivity contribution is 0.225. The highest BCUT2D eigenvalue weighted by Gasteiger charge is 2.28. The normalized spacial score (nSPS) is 22.2. The summed E-state index contributed by atoms with van der Waals surface area (Å²) in [5, 5.41) is 5.80. The van der Waals surface area contributed by atoms with E-state index >= 15 is 0 Å². The van der Waals surface area contributed by atoms with Crippen molar-refractivity contribution in [2.24, 2.45) is 5.92 Å². The van der Waals surface area contributed by atoms with Gasteiger partial charge in [-0.05, 0) is 43.3 Å². The van der Waals surface area contributed by atoms with Gasteiger partial charge in [0.1, 0.15) is 0 Å². The summed E-state index contributed by atoms with van der Waals surface area (Å²) in [6, 6.07) is 5.77. The number of hydrogen-bond acceptors (Lipinski definition) is 3. The van der Waals surface area contributed by atoms with Crippen molar-refractivity contribution in [3.8, 4) is 0 Å². The number of hydrogen-bond donors (Lipinski definition) is 1. The topological polar surface area (TPSA) is 15.3 Å². The third kappa shape index (κ3) is 4.30. The molecular weight excluding hydrogens is 252 g/mol. The highest BCUT2D eigenvalue weighted by molar-refractivity contribution is 7.10. The van der Waals surface area contributed by atoms with E-state index in [0.717, 1.165) is 5.92 Å². The fourth-order valence-corrected chi connectivity index (χ4v) is 3.87. The van der Waals surface area contributed by atoms with Gasteiger partial charge in [-0.25, -0.2) is 0 Å². The number of thiophene rings is 1. The van der Waals surface area contributed by atoms with Crippen LogP contribution in [-0.4, -0.2) is 30.6 Å². The van der Waals surface area contributed by atoms with Crippen LogP contribution in [0, 0.1) is 5.92 Å². The zero-order valence-corrected chi connectivity index (χ0v) is 13.4. The van der Waals surface area contributed by atoms with Crippen molar-refractivity contribution in [2.75, 3.05) is 19.6 Å². The SMILES string of the molecule is CCCC(c1cccs1)N1CCC(CNC(C)C)C1. The first kappa shape index (κ1) is 15.0. The molecule has 19 heavy (non-hydrogen) atoms. The molecule has 1 aromatic rings. The largest absolute Gasteiger partial charge is 0.314 e. The van der Waals surface area contributed by atoms with Gasteiger partial charge in [-0.15, -0.1) is 11.3 Å². The van der Waals surface area contributed by atoms with Crippen LogP contribution in [0.4, 0.5) is 0 Å². The summed E-state index contributed by atoms with van der Waals surface area (Å²) < 4.78 is 0. The zero-order chi connectivity index (χ0) is 13.7. The third-order valence-corrected chi connectivity index (χ3v) is 4.98. The molecule has 1 fully saturated rings. The van der Waals surface area contributed by atoms with E-state index < -0.39 is 0 Å². The molecule has 0 radical (unpaired) electrons. The van der Waals surface area contributed by atoms with Crippen molar-refractivity contribution in [1.82, 2.24) is 10.2 Å².